The minimum atomic E-state index is -4.70. The predicted molar refractivity (Wildman–Crippen MR) is 116 cm³/mol. The van der Waals surface area contributed by atoms with Crippen molar-refractivity contribution in [2.75, 3.05) is 5.32 Å². The second-order valence-corrected chi connectivity index (χ2v) is 8.09. The van der Waals surface area contributed by atoms with Gasteiger partial charge in [-0.3, -0.25) is 19.8 Å². The van der Waals surface area contributed by atoms with Gasteiger partial charge in [0, 0.05) is 22.7 Å². The number of amides is 1. The third kappa shape index (κ3) is 4.66. The summed E-state index contributed by atoms with van der Waals surface area (Å²) in [4.78, 5) is 21.5. The molecule has 0 saturated carbocycles. The Labute approximate surface area is 189 Å². The van der Waals surface area contributed by atoms with E-state index in [-0.39, 0.29) is 17.4 Å². The molecule has 6 nitrogen and oxygen atoms in total. The molecule has 0 aliphatic carbocycles. The highest BCUT2D eigenvalue weighted by Crippen LogP contribution is 2.30. The van der Waals surface area contributed by atoms with Crippen LogP contribution in [0, 0.1) is 6.92 Å². The van der Waals surface area contributed by atoms with Crippen LogP contribution in [0.4, 0.5) is 18.3 Å². The van der Waals surface area contributed by atoms with Crippen molar-refractivity contribution in [3.63, 3.8) is 0 Å². The number of nitrogens with zero attached hydrogens (tertiary/aromatic N) is 4. The van der Waals surface area contributed by atoms with Gasteiger partial charge in [0.2, 0.25) is 0 Å². The molecule has 164 valence electrons. The summed E-state index contributed by atoms with van der Waals surface area (Å²) >= 11 is 7.27. The summed E-state index contributed by atoms with van der Waals surface area (Å²) in [7, 11) is 0. The minimum Gasteiger partial charge on any atom is -0.296 e. The third-order valence-electron chi connectivity index (χ3n) is 4.56. The van der Waals surface area contributed by atoms with Crippen LogP contribution in [0.25, 0.3) is 11.4 Å². The maximum atomic E-state index is 13.3. The largest absolute Gasteiger partial charge is 0.435 e. The predicted octanol–water partition coefficient (Wildman–Crippen LogP) is 5.68. The first-order valence-electron chi connectivity index (χ1n) is 9.29. The Kier molecular flexibility index (Phi) is 5.98. The van der Waals surface area contributed by atoms with Gasteiger partial charge in [-0.1, -0.05) is 35.9 Å². The van der Waals surface area contributed by atoms with Crippen LogP contribution >= 0.6 is 22.9 Å². The second-order valence-electron chi connectivity index (χ2n) is 6.82. The number of carbonyl (C=O) groups is 1. The van der Waals surface area contributed by atoms with Crippen LogP contribution in [0.1, 0.15) is 27.3 Å². The highest BCUT2D eigenvalue weighted by molar-refractivity contribution is 7.14. The van der Waals surface area contributed by atoms with Crippen molar-refractivity contribution in [1.82, 2.24) is 19.7 Å². The summed E-state index contributed by atoms with van der Waals surface area (Å²) in [5.74, 6) is -0.765. The number of rotatable bonds is 5. The van der Waals surface area contributed by atoms with E-state index < -0.39 is 17.8 Å². The zero-order valence-corrected chi connectivity index (χ0v) is 18.1. The highest BCUT2D eigenvalue weighted by Gasteiger charge is 2.36. The molecule has 11 heteroatoms. The van der Waals surface area contributed by atoms with Gasteiger partial charge in [-0.2, -0.15) is 18.3 Å². The number of aromatic nitrogens is 4. The molecule has 1 aromatic carbocycles. The van der Waals surface area contributed by atoms with Gasteiger partial charge in [0.1, 0.15) is 11.4 Å². The molecule has 4 rings (SSSR count). The maximum Gasteiger partial charge on any atom is 0.435 e. The van der Waals surface area contributed by atoms with Gasteiger partial charge in [0.25, 0.3) is 5.91 Å². The van der Waals surface area contributed by atoms with Crippen LogP contribution in [0.15, 0.2) is 54.0 Å². The number of benzene rings is 1. The number of pyridine rings is 1. The zero-order chi connectivity index (χ0) is 22.9. The van der Waals surface area contributed by atoms with Crippen LogP contribution in [0.2, 0.25) is 5.02 Å². The number of hydrogen-bond acceptors (Lipinski definition) is 5. The lowest BCUT2D eigenvalue weighted by molar-refractivity contribution is -0.141. The smallest absolute Gasteiger partial charge is 0.296 e. The molecule has 0 saturated heterocycles. The molecule has 1 N–H and O–H groups in total. The van der Waals surface area contributed by atoms with E-state index in [1.165, 1.54) is 0 Å². The van der Waals surface area contributed by atoms with Crippen LogP contribution in [-0.4, -0.2) is 25.7 Å². The number of anilines is 1. The Morgan fingerprint density at radius 2 is 2.00 bits per heavy atom. The van der Waals surface area contributed by atoms with Gasteiger partial charge in [0.05, 0.1) is 12.2 Å². The number of hydrogen-bond donors (Lipinski definition) is 1. The van der Waals surface area contributed by atoms with E-state index in [4.69, 9.17) is 11.6 Å². The van der Waals surface area contributed by atoms with E-state index in [1.54, 1.807) is 41.9 Å². The van der Waals surface area contributed by atoms with Crippen LogP contribution in [0.5, 0.6) is 0 Å². The van der Waals surface area contributed by atoms with Gasteiger partial charge in [-0.15, -0.1) is 11.3 Å². The first-order chi connectivity index (χ1) is 15.2. The fourth-order valence-electron chi connectivity index (χ4n) is 3.00. The number of carbonyl (C=O) groups excluding carboxylic acids is 1. The normalized spacial score (nSPS) is 11.5. The second kappa shape index (κ2) is 8.71. The molecule has 0 fully saturated rings. The molecule has 0 bridgehead atoms. The van der Waals surface area contributed by atoms with Gasteiger partial charge in [-0.25, -0.2) is 4.98 Å². The Bertz CT molecular complexity index is 1280. The molecule has 4 aromatic rings. The van der Waals surface area contributed by atoms with Crippen molar-refractivity contribution < 1.29 is 18.0 Å². The SMILES string of the molecule is Cc1cccnc1-c1csc(NC(=O)c2cc(C(F)(F)F)nn2Cc2ccccc2Cl)n1. The molecule has 1 amide bonds. The standard InChI is InChI=1S/C21H15ClF3N5OS/c1-12-5-4-8-26-18(12)15-11-32-20(27-15)28-19(31)16-9-17(21(23,24)25)29-30(16)10-13-6-2-3-7-14(13)22/h2-9,11H,10H2,1H3,(H,27,28,31). The number of alkyl halides is 3. The molecule has 3 aromatic heterocycles. The first-order valence-corrected chi connectivity index (χ1v) is 10.6. The quantitative estimate of drug-likeness (QED) is 0.401. The van der Waals surface area contributed by atoms with E-state index in [1.807, 2.05) is 13.0 Å². The Morgan fingerprint density at radius 3 is 2.72 bits per heavy atom. The first kappa shape index (κ1) is 22.0. The Hall–Kier alpha value is -3.24. The number of thiazole rings is 1. The van der Waals surface area contributed by atoms with E-state index in [0.717, 1.165) is 21.6 Å². The van der Waals surface area contributed by atoms with E-state index in [0.29, 0.717) is 28.0 Å². The molecule has 0 unspecified atom stereocenters. The number of nitrogens with one attached hydrogen (secondary N) is 1. The van der Waals surface area contributed by atoms with Crippen molar-refractivity contribution in [2.24, 2.45) is 0 Å². The third-order valence-corrected chi connectivity index (χ3v) is 5.68. The molecular formula is C21H15ClF3N5OS. The minimum absolute atomic E-state index is 0.102. The molecule has 0 atom stereocenters. The number of aryl methyl sites for hydroxylation is 1. The van der Waals surface area contributed by atoms with Crippen molar-refractivity contribution in [3.05, 3.63) is 81.6 Å². The van der Waals surface area contributed by atoms with Gasteiger partial charge < -0.3 is 0 Å². The monoisotopic (exact) mass is 477 g/mol. The fourth-order valence-corrected chi connectivity index (χ4v) is 3.89. The summed E-state index contributed by atoms with van der Waals surface area (Å²) in [5.41, 5.74) is 1.23. The van der Waals surface area contributed by atoms with Crippen molar-refractivity contribution in [1.29, 1.82) is 0 Å². The average molecular weight is 478 g/mol. The molecule has 0 radical (unpaired) electrons. The molecule has 32 heavy (non-hydrogen) atoms. The van der Waals surface area contributed by atoms with Crippen molar-refractivity contribution >= 4 is 34.0 Å². The van der Waals surface area contributed by atoms with E-state index >= 15 is 0 Å². The molecule has 0 spiro atoms. The maximum absolute atomic E-state index is 13.3. The molecule has 0 aliphatic rings. The zero-order valence-electron chi connectivity index (χ0n) is 16.5. The molecule has 0 aliphatic heterocycles. The summed E-state index contributed by atoms with van der Waals surface area (Å²) in [6.45, 7) is 1.78. The topological polar surface area (TPSA) is 72.7 Å². The van der Waals surface area contributed by atoms with Crippen LogP contribution < -0.4 is 5.32 Å². The fraction of sp³-hybridized carbons (Fsp3) is 0.143. The highest BCUT2D eigenvalue weighted by atomic mass is 35.5. The summed E-state index contributed by atoms with van der Waals surface area (Å²) < 4.78 is 40.8. The van der Waals surface area contributed by atoms with Gasteiger partial charge in [-0.05, 0) is 30.2 Å². The van der Waals surface area contributed by atoms with E-state index in [9.17, 15) is 18.0 Å². The van der Waals surface area contributed by atoms with Gasteiger partial charge in [0.15, 0.2) is 10.8 Å². The molecular weight excluding hydrogens is 463 g/mol. The van der Waals surface area contributed by atoms with Gasteiger partial charge >= 0.3 is 6.18 Å². The Morgan fingerprint density at radius 1 is 1.22 bits per heavy atom. The number of halogens is 4. The van der Waals surface area contributed by atoms with Crippen molar-refractivity contribution in [3.8, 4) is 11.4 Å². The van der Waals surface area contributed by atoms with Crippen LogP contribution in [0.3, 0.4) is 0 Å². The summed E-state index contributed by atoms with van der Waals surface area (Å²) in [6.07, 6.45) is -3.07. The summed E-state index contributed by atoms with van der Waals surface area (Å²) in [5, 5.41) is 8.45. The van der Waals surface area contributed by atoms with Crippen molar-refractivity contribution in [2.45, 2.75) is 19.6 Å². The summed E-state index contributed by atoms with van der Waals surface area (Å²) in [6, 6.07) is 11.1. The lowest BCUT2D eigenvalue weighted by Crippen LogP contribution is -2.18. The lowest BCUT2D eigenvalue weighted by atomic mass is 10.2. The Balaban J connectivity index is 1.62. The average Bonchev–Trinajstić information content (AvgIpc) is 3.37. The van der Waals surface area contributed by atoms with Crippen LogP contribution in [-0.2, 0) is 12.7 Å². The lowest BCUT2D eigenvalue weighted by Gasteiger charge is -2.08. The van der Waals surface area contributed by atoms with E-state index in [2.05, 4.69) is 20.4 Å². The molecule has 3 heterocycles.